The van der Waals surface area contributed by atoms with Crippen LogP contribution < -0.4 is 10.1 Å². The van der Waals surface area contributed by atoms with Gasteiger partial charge in [-0.15, -0.1) is 0 Å². The summed E-state index contributed by atoms with van der Waals surface area (Å²) in [5.74, 6) is 0.217. The normalized spacial score (nSPS) is 10.9. The number of halogens is 3. The van der Waals surface area contributed by atoms with Gasteiger partial charge in [0.1, 0.15) is 17.4 Å². The third kappa shape index (κ3) is 5.21. The molecule has 0 atom stereocenters. The van der Waals surface area contributed by atoms with Crippen molar-refractivity contribution in [2.75, 3.05) is 11.9 Å². The summed E-state index contributed by atoms with van der Waals surface area (Å²) in [7, 11) is 0. The van der Waals surface area contributed by atoms with Crippen molar-refractivity contribution in [2.45, 2.75) is 6.92 Å². The average Bonchev–Trinajstić information content (AvgIpc) is 2.58. The van der Waals surface area contributed by atoms with Gasteiger partial charge in [0, 0.05) is 0 Å². The molecule has 7 heteroatoms. The van der Waals surface area contributed by atoms with Crippen molar-refractivity contribution in [3.05, 3.63) is 60.6 Å². The molecule has 0 saturated heterocycles. The maximum Gasteiger partial charge on any atom is 0.266 e. The fourth-order valence-corrected chi connectivity index (χ4v) is 3.96. The third-order valence-corrected chi connectivity index (χ3v) is 4.83. The Labute approximate surface area is 173 Å². The molecule has 0 fully saturated rings. The molecule has 0 spiro atoms. The Morgan fingerprint density at radius 2 is 2.16 bits per heavy atom. The minimum Gasteiger partial charge on any atom is -0.492 e. The molecule has 1 amide bonds. The maximum absolute atomic E-state index is 12.3. The molecule has 0 aliphatic rings. The average molecular weight is 532 g/mol. The minimum absolute atomic E-state index is 0.0215. The molecule has 1 N–H and O–H groups in total. The Morgan fingerprint density at radius 1 is 1.44 bits per heavy atom. The standard InChI is InChI=1S/C18H13BrClIN2O2/c1-2-25-17-13(19)8-11(9-15(17)21)7-12(10-22)18(24)23-16-6-4-3-5-14(16)20/h3-9H,2H2,1H3,(H,23,24)/b12-7+. The van der Waals surface area contributed by atoms with E-state index in [0.717, 1.165) is 13.8 Å². The summed E-state index contributed by atoms with van der Waals surface area (Å²) in [4.78, 5) is 12.3. The van der Waals surface area contributed by atoms with Crippen molar-refractivity contribution >= 4 is 67.8 Å². The highest BCUT2D eigenvalue weighted by molar-refractivity contribution is 14.1. The van der Waals surface area contributed by atoms with E-state index in [1.165, 1.54) is 6.08 Å². The van der Waals surface area contributed by atoms with Crippen LogP contribution in [-0.2, 0) is 4.79 Å². The number of para-hydroxylation sites is 1. The van der Waals surface area contributed by atoms with Gasteiger partial charge in [-0.25, -0.2) is 0 Å². The van der Waals surface area contributed by atoms with E-state index in [1.807, 2.05) is 19.1 Å². The van der Waals surface area contributed by atoms with E-state index in [1.54, 1.807) is 30.3 Å². The van der Waals surface area contributed by atoms with Crippen molar-refractivity contribution in [1.82, 2.24) is 0 Å². The van der Waals surface area contributed by atoms with Gasteiger partial charge in [0.2, 0.25) is 0 Å². The number of nitrogens with zero attached hydrogens (tertiary/aromatic N) is 1. The van der Waals surface area contributed by atoms with Gasteiger partial charge in [0.05, 0.1) is 25.4 Å². The van der Waals surface area contributed by atoms with Crippen LogP contribution in [0.3, 0.4) is 0 Å². The molecule has 0 unspecified atom stereocenters. The molecule has 0 saturated carbocycles. The Balaban J connectivity index is 2.30. The van der Waals surface area contributed by atoms with Crippen LogP contribution in [0, 0.1) is 14.9 Å². The number of rotatable bonds is 5. The van der Waals surface area contributed by atoms with E-state index in [9.17, 15) is 10.1 Å². The van der Waals surface area contributed by atoms with Gasteiger partial charge in [-0.1, -0.05) is 23.7 Å². The number of carbonyl (C=O) groups excluding carboxylic acids is 1. The molecule has 0 aromatic heterocycles. The summed E-state index contributed by atoms with van der Waals surface area (Å²) in [6, 6.07) is 12.4. The lowest BCUT2D eigenvalue weighted by Gasteiger charge is -2.10. The maximum atomic E-state index is 12.3. The summed E-state index contributed by atoms with van der Waals surface area (Å²) >= 11 is 11.6. The summed E-state index contributed by atoms with van der Waals surface area (Å²) in [5.41, 5.74) is 1.15. The number of anilines is 1. The Kier molecular flexibility index (Phi) is 7.29. The number of nitriles is 1. The predicted octanol–water partition coefficient (Wildman–Crippen LogP) is 5.65. The van der Waals surface area contributed by atoms with Gasteiger partial charge in [-0.2, -0.15) is 5.26 Å². The van der Waals surface area contributed by atoms with Gasteiger partial charge < -0.3 is 10.1 Å². The monoisotopic (exact) mass is 530 g/mol. The second-order valence-electron chi connectivity index (χ2n) is 4.85. The number of hydrogen-bond donors (Lipinski definition) is 1. The Bertz CT molecular complexity index is 855. The van der Waals surface area contributed by atoms with Crippen LogP contribution >= 0.6 is 50.1 Å². The van der Waals surface area contributed by atoms with Crippen LogP contribution in [0.25, 0.3) is 6.08 Å². The molecule has 0 bridgehead atoms. The minimum atomic E-state index is -0.518. The highest BCUT2D eigenvalue weighted by atomic mass is 127. The largest absolute Gasteiger partial charge is 0.492 e. The fraction of sp³-hybridized carbons (Fsp3) is 0.111. The highest BCUT2D eigenvalue weighted by Crippen LogP contribution is 2.32. The first-order valence-electron chi connectivity index (χ1n) is 7.25. The first-order chi connectivity index (χ1) is 12.0. The van der Waals surface area contributed by atoms with E-state index in [0.29, 0.717) is 22.9 Å². The van der Waals surface area contributed by atoms with E-state index in [-0.39, 0.29) is 5.57 Å². The SMILES string of the molecule is CCOc1c(Br)cc(/C=C(\C#N)C(=O)Nc2ccccc2Cl)cc1I. The van der Waals surface area contributed by atoms with Crippen LogP contribution in [0.5, 0.6) is 5.75 Å². The summed E-state index contributed by atoms with van der Waals surface area (Å²) in [6.45, 7) is 2.46. The summed E-state index contributed by atoms with van der Waals surface area (Å²) in [5, 5.41) is 12.4. The van der Waals surface area contributed by atoms with Gasteiger partial charge in [-0.3, -0.25) is 4.79 Å². The van der Waals surface area contributed by atoms with E-state index in [4.69, 9.17) is 16.3 Å². The van der Waals surface area contributed by atoms with Crippen LogP contribution in [0.4, 0.5) is 5.69 Å². The van der Waals surface area contributed by atoms with Gasteiger partial charge in [0.25, 0.3) is 5.91 Å². The Hall–Kier alpha value is -1.56. The van der Waals surface area contributed by atoms with Gasteiger partial charge in [-0.05, 0) is 81.3 Å². The molecule has 2 rings (SSSR count). The first-order valence-corrected chi connectivity index (χ1v) is 9.50. The van der Waals surface area contributed by atoms with Crippen molar-refractivity contribution in [3.63, 3.8) is 0 Å². The smallest absolute Gasteiger partial charge is 0.266 e. The third-order valence-electron chi connectivity index (χ3n) is 3.11. The Morgan fingerprint density at radius 3 is 2.76 bits per heavy atom. The van der Waals surface area contributed by atoms with E-state index >= 15 is 0 Å². The zero-order chi connectivity index (χ0) is 18.4. The van der Waals surface area contributed by atoms with Gasteiger partial charge in [0.15, 0.2) is 0 Å². The van der Waals surface area contributed by atoms with Crippen molar-refractivity contribution < 1.29 is 9.53 Å². The molecule has 0 aliphatic heterocycles. The molecule has 0 aliphatic carbocycles. The second kappa shape index (κ2) is 9.22. The summed E-state index contributed by atoms with van der Waals surface area (Å²) < 4.78 is 7.20. The zero-order valence-corrected chi connectivity index (χ0v) is 17.6. The molecule has 0 radical (unpaired) electrons. The van der Waals surface area contributed by atoms with Crippen LogP contribution in [-0.4, -0.2) is 12.5 Å². The molecule has 25 heavy (non-hydrogen) atoms. The lowest BCUT2D eigenvalue weighted by Crippen LogP contribution is -2.13. The lowest BCUT2D eigenvalue weighted by molar-refractivity contribution is -0.112. The van der Waals surface area contributed by atoms with Crippen LogP contribution in [0.2, 0.25) is 5.02 Å². The van der Waals surface area contributed by atoms with Crippen molar-refractivity contribution in [2.24, 2.45) is 0 Å². The van der Waals surface area contributed by atoms with Crippen molar-refractivity contribution in [1.29, 1.82) is 5.26 Å². The van der Waals surface area contributed by atoms with E-state index < -0.39 is 5.91 Å². The van der Waals surface area contributed by atoms with Crippen molar-refractivity contribution in [3.8, 4) is 11.8 Å². The molecule has 2 aromatic carbocycles. The first kappa shape index (κ1) is 19.8. The molecule has 128 valence electrons. The van der Waals surface area contributed by atoms with Crippen LogP contribution in [0.15, 0.2) is 46.4 Å². The van der Waals surface area contributed by atoms with Crippen LogP contribution in [0.1, 0.15) is 12.5 Å². The number of ether oxygens (including phenoxy) is 1. The summed E-state index contributed by atoms with van der Waals surface area (Å²) in [6.07, 6.45) is 1.52. The predicted molar refractivity (Wildman–Crippen MR) is 112 cm³/mol. The number of carbonyl (C=O) groups is 1. The van der Waals surface area contributed by atoms with Gasteiger partial charge >= 0.3 is 0 Å². The number of hydrogen-bond acceptors (Lipinski definition) is 3. The highest BCUT2D eigenvalue weighted by Gasteiger charge is 2.13. The molecular formula is C18H13BrClIN2O2. The second-order valence-corrected chi connectivity index (χ2v) is 7.27. The zero-order valence-electron chi connectivity index (χ0n) is 13.1. The molecule has 0 heterocycles. The number of benzene rings is 2. The quantitative estimate of drug-likeness (QED) is 0.308. The van der Waals surface area contributed by atoms with E-state index in [2.05, 4.69) is 43.8 Å². The number of amides is 1. The molecule has 4 nitrogen and oxygen atoms in total. The molecule has 2 aromatic rings. The fourth-order valence-electron chi connectivity index (χ4n) is 2.01. The number of nitrogens with one attached hydrogen (secondary N) is 1. The lowest BCUT2D eigenvalue weighted by atomic mass is 10.1. The topological polar surface area (TPSA) is 62.1 Å². The molecular weight excluding hydrogens is 518 g/mol.